The van der Waals surface area contributed by atoms with Gasteiger partial charge in [0, 0.05) is 46.9 Å². The van der Waals surface area contributed by atoms with Crippen LogP contribution in [-0.4, -0.2) is 26.9 Å². The van der Waals surface area contributed by atoms with Crippen LogP contribution in [0.4, 0.5) is 5.69 Å². The molecule has 1 aromatic carbocycles. The molecule has 6 heteroatoms. The van der Waals surface area contributed by atoms with E-state index >= 15 is 0 Å². The Kier molecular flexibility index (Phi) is 2.29. The Hall–Kier alpha value is -2.01. The average Bonchev–Trinajstić information content (AvgIpc) is 3.04. The zero-order valence-electron chi connectivity index (χ0n) is 10.2. The zero-order valence-corrected chi connectivity index (χ0v) is 10.9. The third kappa shape index (κ3) is 1.69. The Balaban J connectivity index is 1.81. The van der Waals surface area contributed by atoms with Crippen molar-refractivity contribution in [1.82, 2.24) is 20.4 Å². The molecule has 0 bridgehead atoms. The van der Waals surface area contributed by atoms with Gasteiger partial charge in [-0.25, -0.2) is 0 Å². The van der Waals surface area contributed by atoms with Crippen LogP contribution in [0.2, 0.25) is 5.02 Å². The molecule has 0 amide bonds. The molecule has 1 aliphatic rings. The van der Waals surface area contributed by atoms with Gasteiger partial charge < -0.3 is 4.90 Å². The summed E-state index contributed by atoms with van der Waals surface area (Å²) in [6, 6.07) is 3.91. The lowest BCUT2D eigenvalue weighted by Gasteiger charge is -2.29. The molecule has 3 heterocycles. The van der Waals surface area contributed by atoms with E-state index in [-0.39, 0.29) is 0 Å². The van der Waals surface area contributed by atoms with Gasteiger partial charge in [-0.3, -0.25) is 10.2 Å². The highest BCUT2D eigenvalue weighted by Gasteiger charge is 2.20. The number of fused-ring (bicyclic) bond motifs is 2. The number of hydrogen-bond acceptors (Lipinski definition) is 3. The van der Waals surface area contributed by atoms with Gasteiger partial charge in [0.2, 0.25) is 0 Å². The molecular weight excluding hydrogens is 262 g/mol. The Bertz CT molecular complexity index is 744. The van der Waals surface area contributed by atoms with Crippen molar-refractivity contribution in [2.45, 2.75) is 13.0 Å². The standard InChI is InChI=1S/C13H12ClN5/c14-9-3-12-10(6-16-18-12)13(4-9)19-2-1-11-8(7-19)5-15-17-11/h3-6H,1-2,7H2,(H,15,17)(H,16,18). The second-order valence-corrected chi connectivity index (χ2v) is 5.24. The Labute approximate surface area is 114 Å². The summed E-state index contributed by atoms with van der Waals surface area (Å²) in [7, 11) is 0. The van der Waals surface area contributed by atoms with Crippen molar-refractivity contribution >= 4 is 28.2 Å². The maximum atomic E-state index is 6.19. The van der Waals surface area contributed by atoms with E-state index in [9.17, 15) is 0 Å². The Morgan fingerprint density at radius 2 is 2.05 bits per heavy atom. The van der Waals surface area contributed by atoms with Gasteiger partial charge in [0.25, 0.3) is 0 Å². The van der Waals surface area contributed by atoms with Crippen molar-refractivity contribution in [3.05, 3.63) is 40.8 Å². The van der Waals surface area contributed by atoms with Gasteiger partial charge in [-0.1, -0.05) is 11.6 Å². The summed E-state index contributed by atoms with van der Waals surface area (Å²) in [5.74, 6) is 0. The van der Waals surface area contributed by atoms with E-state index in [1.54, 1.807) is 0 Å². The molecule has 0 atom stereocenters. The maximum Gasteiger partial charge on any atom is 0.0686 e. The molecule has 0 saturated carbocycles. The Morgan fingerprint density at radius 1 is 1.16 bits per heavy atom. The number of rotatable bonds is 1. The van der Waals surface area contributed by atoms with Crippen molar-refractivity contribution in [2.24, 2.45) is 0 Å². The quantitative estimate of drug-likeness (QED) is 0.716. The third-order valence-electron chi connectivity index (χ3n) is 3.64. The first kappa shape index (κ1) is 10.9. The molecule has 0 radical (unpaired) electrons. The van der Waals surface area contributed by atoms with E-state index in [0.29, 0.717) is 0 Å². The summed E-state index contributed by atoms with van der Waals surface area (Å²) in [4.78, 5) is 2.32. The van der Waals surface area contributed by atoms with E-state index in [1.807, 2.05) is 24.5 Å². The van der Waals surface area contributed by atoms with Crippen LogP contribution in [0.15, 0.2) is 24.5 Å². The van der Waals surface area contributed by atoms with E-state index in [2.05, 4.69) is 25.3 Å². The van der Waals surface area contributed by atoms with Gasteiger partial charge in [0.05, 0.1) is 17.9 Å². The maximum absolute atomic E-state index is 6.19. The van der Waals surface area contributed by atoms with Gasteiger partial charge in [-0.05, 0) is 12.1 Å². The van der Waals surface area contributed by atoms with Gasteiger partial charge in [0.1, 0.15) is 0 Å². The van der Waals surface area contributed by atoms with Crippen molar-refractivity contribution in [3.63, 3.8) is 0 Å². The molecular formula is C13H12ClN5. The van der Waals surface area contributed by atoms with Crippen molar-refractivity contribution in [3.8, 4) is 0 Å². The van der Waals surface area contributed by atoms with Crippen molar-refractivity contribution in [1.29, 1.82) is 0 Å². The monoisotopic (exact) mass is 273 g/mol. The van der Waals surface area contributed by atoms with Gasteiger partial charge >= 0.3 is 0 Å². The first-order valence-corrected chi connectivity index (χ1v) is 6.58. The zero-order chi connectivity index (χ0) is 12.8. The van der Waals surface area contributed by atoms with Crippen LogP contribution in [-0.2, 0) is 13.0 Å². The second kappa shape index (κ2) is 3.99. The van der Waals surface area contributed by atoms with E-state index in [1.165, 1.54) is 11.3 Å². The lowest BCUT2D eigenvalue weighted by Crippen LogP contribution is -2.30. The van der Waals surface area contributed by atoms with Crippen molar-refractivity contribution < 1.29 is 0 Å². The molecule has 0 saturated heterocycles. The van der Waals surface area contributed by atoms with E-state index in [4.69, 9.17) is 11.6 Å². The molecule has 0 fully saturated rings. The van der Waals surface area contributed by atoms with Crippen LogP contribution in [0.1, 0.15) is 11.3 Å². The smallest absolute Gasteiger partial charge is 0.0686 e. The molecule has 0 spiro atoms. The van der Waals surface area contributed by atoms with Crippen LogP contribution in [0, 0.1) is 0 Å². The number of halogens is 1. The molecule has 2 N–H and O–H groups in total. The lowest BCUT2D eigenvalue weighted by atomic mass is 10.1. The minimum atomic E-state index is 0.727. The summed E-state index contributed by atoms with van der Waals surface area (Å²) >= 11 is 6.19. The summed E-state index contributed by atoms with van der Waals surface area (Å²) in [5.41, 5.74) is 4.59. The van der Waals surface area contributed by atoms with Crippen LogP contribution >= 0.6 is 11.6 Å². The molecule has 2 aromatic heterocycles. The SMILES string of the molecule is Clc1cc(N2CCc3[nH]ncc3C2)c2cn[nH]c2c1. The van der Waals surface area contributed by atoms with Gasteiger partial charge in [0.15, 0.2) is 0 Å². The highest BCUT2D eigenvalue weighted by Crippen LogP contribution is 2.32. The number of benzene rings is 1. The lowest BCUT2D eigenvalue weighted by molar-refractivity contribution is 0.723. The summed E-state index contributed by atoms with van der Waals surface area (Å²) in [6.45, 7) is 1.81. The van der Waals surface area contributed by atoms with Crippen LogP contribution in [0.5, 0.6) is 0 Å². The number of H-pyrrole nitrogens is 2. The molecule has 5 nitrogen and oxygen atoms in total. The number of anilines is 1. The molecule has 3 aromatic rings. The molecule has 1 aliphatic heterocycles. The first-order chi connectivity index (χ1) is 9.31. The summed E-state index contributed by atoms with van der Waals surface area (Å²) in [5, 5.41) is 16.1. The number of aromatic nitrogens is 4. The van der Waals surface area contributed by atoms with Gasteiger partial charge in [-0.2, -0.15) is 10.2 Å². The number of aromatic amines is 2. The fraction of sp³-hybridized carbons (Fsp3) is 0.231. The van der Waals surface area contributed by atoms with E-state index in [0.717, 1.165) is 41.1 Å². The van der Waals surface area contributed by atoms with Crippen LogP contribution in [0.3, 0.4) is 0 Å². The van der Waals surface area contributed by atoms with Gasteiger partial charge in [-0.15, -0.1) is 0 Å². The predicted molar refractivity (Wildman–Crippen MR) is 74.4 cm³/mol. The minimum absolute atomic E-state index is 0.727. The topological polar surface area (TPSA) is 60.6 Å². The number of hydrogen-bond donors (Lipinski definition) is 2. The summed E-state index contributed by atoms with van der Waals surface area (Å²) < 4.78 is 0. The second-order valence-electron chi connectivity index (χ2n) is 4.80. The predicted octanol–water partition coefficient (Wildman–Crippen LogP) is 2.50. The molecule has 0 aliphatic carbocycles. The van der Waals surface area contributed by atoms with E-state index < -0.39 is 0 Å². The largest absolute Gasteiger partial charge is 0.366 e. The molecule has 96 valence electrons. The third-order valence-corrected chi connectivity index (χ3v) is 3.86. The highest BCUT2D eigenvalue weighted by molar-refractivity contribution is 6.31. The highest BCUT2D eigenvalue weighted by atomic mass is 35.5. The van der Waals surface area contributed by atoms with Crippen molar-refractivity contribution in [2.75, 3.05) is 11.4 Å². The number of nitrogens with one attached hydrogen (secondary N) is 2. The average molecular weight is 274 g/mol. The molecule has 0 unspecified atom stereocenters. The molecule has 19 heavy (non-hydrogen) atoms. The fourth-order valence-electron chi connectivity index (χ4n) is 2.69. The van der Waals surface area contributed by atoms with Crippen LogP contribution < -0.4 is 4.90 Å². The fourth-order valence-corrected chi connectivity index (χ4v) is 2.90. The number of nitrogens with zero attached hydrogens (tertiary/aromatic N) is 3. The Morgan fingerprint density at radius 3 is 3.00 bits per heavy atom. The minimum Gasteiger partial charge on any atom is -0.366 e. The normalized spacial score (nSPS) is 14.9. The molecule has 4 rings (SSSR count). The first-order valence-electron chi connectivity index (χ1n) is 6.20. The van der Waals surface area contributed by atoms with Crippen LogP contribution in [0.25, 0.3) is 10.9 Å². The summed E-state index contributed by atoms with van der Waals surface area (Å²) in [6.07, 6.45) is 4.73.